The molecule has 0 saturated heterocycles. The number of carbonyl (C=O) groups excluding carboxylic acids is 1. The van der Waals surface area contributed by atoms with Crippen molar-refractivity contribution in [3.8, 4) is 0 Å². The van der Waals surface area contributed by atoms with E-state index < -0.39 is 5.91 Å². The van der Waals surface area contributed by atoms with E-state index in [1.165, 1.54) is 0 Å². The third-order valence-electron chi connectivity index (χ3n) is 1.65. The molecule has 0 heterocycles. The summed E-state index contributed by atoms with van der Waals surface area (Å²) in [5, 5.41) is -0.186. The Bertz CT molecular complexity index is 296. The summed E-state index contributed by atoms with van der Waals surface area (Å²) >= 11 is 5.84. The molecular formula is C9H10ClNO. The van der Waals surface area contributed by atoms with Crippen molar-refractivity contribution < 1.29 is 4.79 Å². The van der Waals surface area contributed by atoms with Crippen LogP contribution in [0.15, 0.2) is 24.3 Å². The minimum Gasteiger partial charge on any atom is -0.366 e. The topological polar surface area (TPSA) is 43.1 Å². The molecule has 1 unspecified atom stereocenters. The molecule has 0 spiro atoms. The number of carbonyl (C=O) groups is 1. The van der Waals surface area contributed by atoms with E-state index in [1.807, 2.05) is 13.0 Å². The monoisotopic (exact) mass is 183 g/mol. The van der Waals surface area contributed by atoms with Crippen LogP contribution in [-0.2, 0) is 0 Å². The molecule has 0 aromatic heterocycles. The lowest BCUT2D eigenvalue weighted by Crippen LogP contribution is -2.13. The van der Waals surface area contributed by atoms with Gasteiger partial charge in [0.05, 0.1) is 5.38 Å². The quantitative estimate of drug-likeness (QED) is 0.701. The maximum Gasteiger partial charge on any atom is 0.249 e. The fourth-order valence-electron chi connectivity index (χ4n) is 1.07. The fourth-order valence-corrected chi connectivity index (χ4v) is 1.26. The molecule has 12 heavy (non-hydrogen) atoms. The lowest BCUT2D eigenvalue weighted by molar-refractivity contribution is 0.0999. The average molecular weight is 184 g/mol. The first kappa shape index (κ1) is 9.07. The highest BCUT2D eigenvalue weighted by molar-refractivity contribution is 6.21. The molecule has 2 N–H and O–H groups in total. The van der Waals surface area contributed by atoms with E-state index >= 15 is 0 Å². The van der Waals surface area contributed by atoms with Gasteiger partial charge in [-0.2, -0.15) is 0 Å². The second-order valence-electron chi connectivity index (χ2n) is 2.57. The van der Waals surface area contributed by atoms with Crippen molar-refractivity contribution in [3.63, 3.8) is 0 Å². The first-order valence-corrected chi connectivity index (χ1v) is 4.09. The lowest BCUT2D eigenvalue weighted by Gasteiger charge is -2.07. The highest BCUT2D eigenvalue weighted by Gasteiger charge is 2.10. The molecule has 1 aromatic rings. The molecule has 3 heteroatoms. The van der Waals surface area contributed by atoms with Gasteiger partial charge in [0.2, 0.25) is 5.91 Å². The Labute approximate surface area is 76.3 Å². The molecule has 0 aliphatic rings. The largest absolute Gasteiger partial charge is 0.366 e. The summed E-state index contributed by atoms with van der Waals surface area (Å²) in [7, 11) is 0. The number of primary amides is 1. The molecule has 1 rings (SSSR count). The summed E-state index contributed by atoms with van der Waals surface area (Å²) in [6.07, 6.45) is 0. The van der Waals surface area contributed by atoms with Crippen molar-refractivity contribution >= 4 is 17.5 Å². The summed E-state index contributed by atoms with van der Waals surface area (Å²) in [4.78, 5) is 10.9. The summed E-state index contributed by atoms with van der Waals surface area (Å²) in [5.41, 5.74) is 6.44. The molecular weight excluding hydrogens is 174 g/mol. The highest BCUT2D eigenvalue weighted by Crippen LogP contribution is 2.22. The second kappa shape index (κ2) is 3.59. The van der Waals surface area contributed by atoms with Gasteiger partial charge >= 0.3 is 0 Å². The van der Waals surface area contributed by atoms with Gasteiger partial charge in [0.25, 0.3) is 0 Å². The molecule has 0 aliphatic carbocycles. The lowest BCUT2D eigenvalue weighted by atomic mass is 10.1. The number of rotatable bonds is 2. The second-order valence-corrected chi connectivity index (χ2v) is 3.22. The summed E-state index contributed by atoms with van der Waals surface area (Å²) < 4.78 is 0. The van der Waals surface area contributed by atoms with Crippen molar-refractivity contribution in [2.45, 2.75) is 12.3 Å². The number of nitrogens with two attached hydrogens (primary N) is 1. The number of benzene rings is 1. The molecule has 64 valence electrons. The van der Waals surface area contributed by atoms with Crippen molar-refractivity contribution in [2.75, 3.05) is 0 Å². The minimum absolute atomic E-state index is 0.186. The Morgan fingerprint density at radius 1 is 1.50 bits per heavy atom. The Kier molecular flexibility index (Phi) is 2.71. The molecule has 0 bridgehead atoms. The Balaban J connectivity index is 3.17. The number of hydrogen-bond donors (Lipinski definition) is 1. The van der Waals surface area contributed by atoms with Gasteiger partial charge in [-0.05, 0) is 18.6 Å². The third-order valence-corrected chi connectivity index (χ3v) is 1.89. The number of hydrogen-bond acceptors (Lipinski definition) is 1. The van der Waals surface area contributed by atoms with E-state index in [0.717, 1.165) is 5.56 Å². The fraction of sp³-hybridized carbons (Fsp3) is 0.222. The van der Waals surface area contributed by atoms with Crippen LogP contribution in [0.2, 0.25) is 0 Å². The van der Waals surface area contributed by atoms with Crippen molar-refractivity contribution in [2.24, 2.45) is 5.73 Å². The van der Waals surface area contributed by atoms with E-state index in [1.54, 1.807) is 18.2 Å². The molecule has 0 fully saturated rings. The number of alkyl halides is 1. The molecule has 0 aliphatic heterocycles. The highest BCUT2D eigenvalue weighted by atomic mass is 35.5. The summed E-state index contributed by atoms with van der Waals surface area (Å²) in [6, 6.07) is 7.08. The van der Waals surface area contributed by atoms with Crippen LogP contribution in [-0.4, -0.2) is 5.91 Å². The molecule has 1 atom stereocenters. The third kappa shape index (κ3) is 1.77. The maximum atomic E-state index is 10.9. The molecule has 2 nitrogen and oxygen atoms in total. The summed E-state index contributed by atoms with van der Waals surface area (Å²) in [5.74, 6) is -0.432. The van der Waals surface area contributed by atoms with Crippen molar-refractivity contribution in [3.05, 3.63) is 35.4 Å². The van der Waals surface area contributed by atoms with E-state index in [-0.39, 0.29) is 5.38 Å². The Hall–Kier alpha value is -1.02. The molecule has 1 aromatic carbocycles. The smallest absolute Gasteiger partial charge is 0.249 e. The van der Waals surface area contributed by atoms with E-state index in [0.29, 0.717) is 5.56 Å². The van der Waals surface area contributed by atoms with Gasteiger partial charge in [-0.25, -0.2) is 0 Å². The van der Waals surface area contributed by atoms with Crippen LogP contribution >= 0.6 is 11.6 Å². The maximum absolute atomic E-state index is 10.9. The van der Waals surface area contributed by atoms with Gasteiger partial charge in [0.1, 0.15) is 0 Å². The normalized spacial score (nSPS) is 12.5. The predicted molar refractivity (Wildman–Crippen MR) is 49.2 cm³/mol. The zero-order valence-corrected chi connectivity index (χ0v) is 7.51. The zero-order valence-electron chi connectivity index (χ0n) is 6.75. The van der Waals surface area contributed by atoms with Crippen molar-refractivity contribution in [1.29, 1.82) is 0 Å². The standard InChI is InChI=1S/C9H10ClNO/c1-6(10)7-4-2-3-5-8(7)9(11)12/h2-6H,1H3,(H2,11,12). The van der Waals surface area contributed by atoms with Crippen molar-refractivity contribution in [1.82, 2.24) is 0 Å². The van der Waals surface area contributed by atoms with E-state index in [4.69, 9.17) is 17.3 Å². The van der Waals surface area contributed by atoms with Crippen LogP contribution in [0.5, 0.6) is 0 Å². The Morgan fingerprint density at radius 3 is 2.50 bits per heavy atom. The van der Waals surface area contributed by atoms with Gasteiger partial charge in [0.15, 0.2) is 0 Å². The zero-order chi connectivity index (χ0) is 9.14. The minimum atomic E-state index is -0.432. The van der Waals surface area contributed by atoms with E-state index in [9.17, 15) is 4.79 Å². The van der Waals surface area contributed by atoms with Crippen LogP contribution < -0.4 is 5.73 Å². The number of amides is 1. The van der Waals surface area contributed by atoms with Gasteiger partial charge in [-0.15, -0.1) is 11.6 Å². The van der Waals surface area contributed by atoms with Gasteiger partial charge in [-0.1, -0.05) is 18.2 Å². The van der Waals surface area contributed by atoms with Gasteiger partial charge < -0.3 is 5.73 Å². The molecule has 0 radical (unpaired) electrons. The first-order chi connectivity index (χ1) is 5.63. The average Bonchev–Trinajstić information content (AvgIpc) is 2.04. The predicted octanol–water partition coefficient (Wildman–Crippen LogP) is 2.09. The Morgan fingerprint density at radius 2 is 2.08 bits per heavy atom. The van der Waals surface area contributed by atoms with Crippen LogP contribution in [0.4, 0.5) is 0 Å². The first-order valence-electron chi connectivity index (χ1n) is 3.65. The van der Waals surface area contributed by atoms with E-state index in [2.05, 4.69) is 0 Å². The van der Waals surface area contributed by atoms with Gasteiger partial charge in [0, 0.05) is 5.56 Å². The van der Waals surface area contributed by atoms with Gasteiger partial charge in [-0.3, -0.25) is 4.79 Å². The van der Waals surface area contributed by atoms with Crippen LogP contribution in [0.3, 0.4) is 0 Å². The SMILES string of the molecule is CC(Cl)c1ccccc1C(N)=O. The van der Waals surface area contributed by atoms with Crippen LogP contribution in [0.1, 0.15) is 28.2 Å². The van der Waals surface area contributed by atoms with Crippen LogP contribution in [0, 0.1) is 0 Å². The molecule has 0 saturated carbocycles. The van der Waals surface area contributed by atoms with Crippen LogP contribution in [0.25, 0.3) is 0 Å². The molecule has 1 amide bonds. The summed E-state index contributed by atoms with van der Waals surface area (Å²) in [6.45, 7) is 1.81. The number of halogens is 1.